The molecule has 1 heterocycles. The molecular formula is C18H25NO5S. The van der Waals surface area contributed by atoms with Crippen molar-refractivity contribution < 1.29 is 22.7 Å². The van der Waals surface area contributed by atoms with E-state index in [2.05, 4.69) is 0 Å². The summed E-state index contributed by atoms with van der Waals surface area (Å²) in [6, 6.07) is 5.00. The highest BCUT2D eigenvalue weighted by Crippen LogP contribution is 2.20. The number of ether oxygens (including phenoxy) is 1. The molecule has 0 aliphatic carbocycles. The summed E-state index contributed by atoms with van der Waals surface area (Å²) in [5, 5.41) is 0. The zero-order valence-electron chi connectivity index (χ0n) is 15.1. The van der Waals surface area contributed by atoms with Gasteiger partial charge >= 0.3 is 5.97 Å². The fourth-order valence-corrected chi connectivity index (χ4v) is 4.83. The van der Waals surface area contributed by atoms with Gasteiger partial charge in [-0.2, -0.15) is 0 Å². The van der Waals surface area contributed by atoms with E-state index in [9.17, 15) is 18.0 Å². The van der Waals surface area contributed by atoms with E-state index in [0.29, 0.717) is 18.5 Å². The summed E-state index contributed by atoms with van der Waals surface area (Å²) < 4.78 is 28.7. The van der Waals surface area contributed by atoms with Gasteiger partial charge in [0.25, 0.3) is 5.91 Å². The number of amides is 1. The molecule has 2 rings (SSSR count). The number of benzene rings is 1. The first-order valence-corrected chi connectivity index (χ1v) is 10.3. The van der Waals surface area contributed by atoms with E-state index in [1.807, 2.05) is 19.9 Å². The number of nitrogens with zero attached hydrogens (tertiary/aromatic N) is 1. The van der Waals surface area contributed by atoms with Crippen molar-refractivity contribution in [2.24, 2.45) is 0 Å². The van der Waals surface area contributed by atoms with E-state index in [1.165, 1.54) is 11.8 Å². The third kappa shape index (κ3) is 4.39. The van der Waals surface area contributed by atoms with E-state index >= 15 is 0 Å². The maximum absolute atomic E-state index is 12.6. The van der Waals surface area contributed by atoms with Gasteiger partial charge in [0.1, 0.15) is 0 Å². The number of hydrogen-bond acceptors (Lipinski definition) is 5. The van der Waals surface area contributed by atoms with Gasteiger partial charge in [-0.25, -0.2) is 13.2 Å². The number of aryl methyl sites for hydroxylation is 1. The normalized spacial score (nSPS) is 20.1. The van der Waals surface area contributed by atoms with Gasteiger partial charge in [0.05, 0.1) is 17.1 Å². The highest BCUT2D eigenvalue weighted by atomic mass is 32.2. The number of esters is 1. The van der Waals surface area contributed by atoms with Gasteiger partial charge in [-0.15, -0.1) is 0 Å². The maximum Gasteiger partial charge on any atom is 0.339 e. The molecule has 25 heavy (non-hydrogen) atoms. The lowest BCUT2D eigenvalue weighted by Crippen LogP contribution is -2.46. The molecular weight excluding hydrogens is 342 g/mol. The van der Waals surface area contributed by atoms with Crippen LogP contribution in [0.1, 0.15) is 41.8 Å². The molecule has 1 amide bonds. The van der Waals surface area contributed by atoms with E-state index < -0.39 is 21.9 Å². The number of hydrogen-bond donors (Lipinski definition) is 0. The van der Waals surface area contributed by atoms with Crippen molar-refractivity contribution in [3.05, 3.63) is 34.9 Å². The van der Waals surface area contributed by atoms with Crippen molar-refractivity contribution in [3.8, 4) is 0 Å². The predicted octanol–water partition coefficient (Wildman–Crippen LogP) is 1.88. The van der Waals surface area contributed by atoms with Crippen molar-refractivity contribution in [3.63, 3.8) is 0 Å². The number of carbonyl (C=O) groups excluding carboxylic acids is 2. The highest BCUT2D eigenvalue weighted by Gasteiger charge is 2.36. The van der Waals surface area contributed by atoms with Crippen LogP contribution in [-0.2, 0) is 19.4 Å². The van der Waals surface area contributed by atoms with Crippen molar-refractivity contribution in [2.75, 3.05) is 18.1 Å². The largest absolute Gasteiger partial charge is 0.449 e. The van der Waals surface area contributed by atoms with Gasteiger partial charge < -0.3 is 9.64 Å². The highest BCUT2D eigenvalue weighted by molar-refractivity contribution is 7.91. The minimum absolute atomic E-state index is 0.0236. The Morgan fingerprint density at radius 2 is 2.00 bits per heavy atom. The second kappa shape index (κ2) is 7.56. The van der Waals surface area contributed by atoms with E-state index in [1.54, 1.807) is 19.1 Å². The summed E-state index contributed by atoms with van der Waals surface area (Å²) in [5.41, 5.74) is 2.23. The lowest BCUT2D eigenvalue weighted by Gasteiger charge is -2.29. The van der Waals surface area contributed by atoms with Crippen molar-refractivity contribution in [2.45, 2.75) is 46.3 Å². The van der Waals surface area contributed by atoms with E-state index in [-0.39, 0.29) is 23.5 Å². The monoisotopic (exact) mass is 367 g/mol. The number of likely N-dealkylation sites (N-methyl/N-ethyl adjacent to an activating group) is 1. The molecule has 6 nitrogen and oxygen atoms in total. The first-order valence-electron chi connectivity index (χ1n) is 8.44. The number of carbonyl (C=O) groups is 2. The third-order valence-corrected chi connectivity index (χ3v) is 6.48. The molecule has 1 aliphatic heterocycles. The van der Waals surface area contributed by atoms with Gasteiger partial charge in [0.2, 0.25) is 0 Å². The summed E-state index contributed by atoms with van der Waals surface area (Å²) >= 11 is 0. The van der Waals surface area contributed by atoms with Gasteiger partial charge in [0, 0.05) is 12.6 Å². The Bertz CT molecular complexity index is 772. The molecule has 1 aliphatic rings. The lowest BCUT2D eigenvalue weighted by atomic mass is 10.0. The van der Waals surface area contributed by atoms with Gasteiger partial charge in [0.15, 0.2) is 15.9 Å². The zero-order chi connectivity index (χ0) is 18.8. The molecule has 7 heteroatoms. The second-order valence-corrected chi connectivity index (χ2v) is 8.70. The standard InChI is InChI=1S/C18H25NO5S/c1-5-19(15-9-10-25(22,23)11-15)17(20)14(4)24-18(21)16-8-6-7-12(2)13(16)3/h6-8,14-15H,5,9-11H2,1-4H3. The Morgan fingerprint density at radius 1 is 1.32 bits per heavy atom. The minimum Gasteiger partial charge on any atom is -0.449 e. The summed E-state index contributed by atoms with van der Waals surface area (Å²) in [5.74, 6) is -0.831. The fraction of sp³-hybridized carbons (Fsp3) is 0.556. The van der Waals surface area contributed by atoms with Gasteiger partial charge in [-0.05, 0) is 51.3 Å². The van der Waals surface area contributed by atoms with Crippen LogP contribution < -0.4 is 0 Å². The Hall–Kier alpha value is -1.89. The Balaban J connectivity index is 2.08. The summed E-state index contributed by atoms with van der Waals surface area (Å²) in [6.07, 6.45) is -0.532. The van der Waals surface area contributed by atoms with Crippen LogP contribution in [0.2, 0.25) is 0 Å². The molecule has 0 saturated carbocycles. The Kier molecular flexibility index (Phi) is 5.87. The lowest BCUT2D eigenvalue weighted by molar-refractivity contribution is -0.141. The third-order valence-electron chi connectivity index (χ3n) is 4.73. The van der Waals surface area contributed by atoms with Crippen LogP contribution in [0.3, 0.4) is 0 Å². The van der Waals surface area contributed by atoms with E-state index in [4.69, 9.17) is 4.74 Å². The second-order valence-electron chi connectivity index (χ2n) is 6.48. The average molecular weight is 367 g/mol. The van der Waals surface area contributed by atoms with Crippen LogP contribution in [0.15, 0.2) is 18.2 Å². The molecule has 0 N–H and O–H groups in total. The molecule has 1 fully saturated rings. The van der Waals surface area contributed by atoms with Crippen LogP contribution in [0.25, 0.3) is 0 Å². The molecule has 1 aromatic rings. The van der Waals surface area contributed by atoms with Crippen LogP contribution in [0.4, 0.5) is 0 Å². The molecule has 0 spiro atoms. The number of sulfone groups is 1. The summed E-state index contributed by atoms with van der Waals surface area (Å²) in [4.78, 5) is 26.5. The Morgan fingerprint density at radius 3 is 2.56 bits per heavy atom. The SMILES string of the molecule is CCN(C(=O)C(C)OC(=O)c1cccc(C)c1C)C1CCS(=O)(=O)C1. The zero-order valence-corrected chi connectivity index (χ0v) is 15.9. The maximum atomic E-state index is 12.6. The fourth-order valence-electron chi connectivity index (χ4n) is 3.10. The first-order chi connectivity index (χ1) is 11.7. The molecule has 0 radical (unpaired) electrons. The predicted molar refractivity (Wildman–Crippen MR) is 95.2 cm³/mol. The molecule has 1 saturated heterocycles. The summed E-state index contributed by atoms with van der Waals surface area (Å²) in [7, 11) is -3.09. The molecule has 2 atom stereocenters. The van der Waals surface area contributed by atoms with Crippen molar-refractivity contribution >= 4 is 21.7 Å². The van der Waals surface area contributed by atoms with Crippen LogP contribution >= 0.6 is 0 Å². The number of rotatable bonds is 5. The molecule has 138 valence electrons. The molecule has 0 bridgehead atoms. The van der Waals surface area contributed by atoms with Crippen molar-refractivity contribution in [1.29, 1.82) is 0 Å². The topological polar surface area (TPSA) is 80.8 Å². The minimum atomic E-state index is -3.09. The quantitative estimate of drug-likeness (QED) is 0.743. The van der Waals surface area contributed by atoms with Crippen LogP contribution in [-0.4, -0.2) is 55.4 Å². The van der Waals surface area contributed by atoms with Crippen molar-refractivity contribution in [1.82, 2.24) is 4.90 Å². The first kappa shape index (κ1) is 19.4. The van der Waals surface area contributed by atoms with Gasteiger partial charge in [-0.1, -0.05) is 12.1 Å². The van der Waals surface area contributed by atoms with E-state index in [0.717, 1.165) is 11.1 Å². The average Bonchev–Trinajstić information content (AvgIpc) is 2.90. The summed E-state index contributed by atoms with van der Waals surface area (Å²) in [6.45, 7) is 7.43. The molecule has 1 aromatic carbocycles. The molecule has 0 aromatic heterocycles. The molecule has 2 unspecified atom stereocenters. The van der Waals surface area contributed by atoms with Crippen LogP contribution in [0.5, 0.6) is 0 Å². The van der Waals surface area contributed by atoms with Crippen LogP contribution in [0, 0.1) is 13.8 Å². The van der Waals surface area contributed by atoms with Gasteiger partial charge in [-0.3, -0.25) is 4.79 Å². The smallest absolute Gasteiger partial charge is 0.339 e. The Labute approximate surface area is 149 Å².